The molecule has 2 heterocycles. The molecule has 1 aliphatic heterocycles. The molecule has 1 aromatic carbocycles. The topological polar surface area (TPSA) is 92.5 Å². The lowest BCUT2D eigenvalue weighted by atomic mass is 10.1. The predicted octanol–water partition coefficient (Wildman–Crippen LogP) is 2.01. The van der Waals surface area contributed by atoms with Gasteiger partial charge in [-0.15, -0.1) is 0 Å². The Labute approximate surface area is 156 Å². The maximum atomic E-state index is 12.8. The smallest absolute Gasteiger partial charge is 0.340 e. The minimum Gasteiger partial charge on any atom is -0.478 e. The highest BCUT2D eigenvalue weighted by Gasteiger charge is 2.33. The molecular formula is C17H19N3O4S2. The number of aromatic carboxylic acids is 1. The van der Waals surface area contributed by atoms with Crippen molar-refractivity contribution in [1.29, 1.82) is 0 Å². The molecule has 7 nitrogen and oxygen atoms in total. The van der Waals surface area contributed by atoms with E-state index in [2.05, 4.69) is 11.7 Å². The Morgan fingerprint density at radius 1 is 1.27 bits per heavy atom. The second-order valence-electron chi connectivity index (χ2n) is 5.81. The number of sulfonamides is 1. The van der Waals surface area contributed by atoms with E-state index in [4.69, 9.17) is 0 Å². The molecule has 0 amide bonds. The molecule has 0 atom stereocenters. The molecule has 0 radical (unpaired) electrons. The fourth-order valence-electron chi connectivity index (χ4n) is 2.68. The Morgan fingerprint density at radius 2 is 1.92 bits per heavy atom. The Morgan fingerprint density at radius 3 is 2.50 bits per heavy atom. The van der Waals surface area contributed by atoms with Crippen molar-refractivity contribution in [2.45, 2.75) is 11.6 Å². The number of carboxylic acids is 1. The van der Waals surface area contributed by atoms with Crippen LogP contribution in [0.25, 0.3) is 6.08 Å². The van der Waals surface area contributed by atoms with Crippen LogP contribution in [0, 0.1) is 0 Å². The summed E-state index contributed by atoms with van der Waals surface area (Å²) in [6.07, 6.45) is 3.00. The number of hydrogen-bond acceptors (Lipinski definition) is 5. The van der Waals surface area contributed by atoms with Crippen LogP contribution < -0.4 is 0 Å². The van der Waals surface area contributed by atoms with Crippen molar-refractivity contribution in [2.24, 2.45) is 0 Å². The molecule has 0 spiro atoms. The molecule has 1 saturated heterocycles. The van der Waals surface area contributed by atoms with Crippen molar-refractivity contribution in [1.82, 2.24) is 14.1 Å². The van der Waals surface area contributed by atoms with Gasteiger partial charge in [0.15, 0.2) is 0 Å². The molecule has 9 heteroatoms. The second-order valence-corrected chi connectivity index (χ2v) is 8.89. The van der Waals surface area contributed by atoms with Gasteiger partial charge in [-0.3, -0.25) is 4.68 Å². The summed E-state index contributed by atoms with van der Waals surface area (Å²) in [6.45, 7) is 4.70. The third-order valence-electron chi connectivity index (χ3n) is 4.07. The van der Waals surface area contributed by atoms with Crippen LogP contribution in [0.1, 0.15) is 21.5 Å². The fraction of sp³-hybridized carbons (Fsp3) is 0.294. The molecule has 26 heavy (non-hydrogen) atoms. The van der Waals surface area contributed by atoms with Gasteiger partial charge in [-0.05, 0) is 11.1 Å². The number of rotatable bonds is 6. The third kappa shape index (κ3) is 3.84. The van der Waals surface area contributed by atoms with E-state index in [9.17, 15) is 18.3 Å². The van der Waals surface area contributed by atoms with Gasteiger partial charge in [-0.2, -0.15) is 21.2 Å². The normalized spacial score (nSPS) is 15.7. The Hall–Kier alpha value is -2.10. The molecule has 0 saturated carbocycles. The summed E-state index contributed by atoms with van der Waals surface area (Å²) in [5.74, 6) is 0.0823. The van der Waals surface area contributed by atoms with Gasteiger partial charge in [0.2, 0.25) is 5.03 Å². The van der Waals surface area contributed by atoms with E-state index in [0.717, 1.165) is 11.1 Å². The van der Waals surface area contributed by atoms with Crippen LogP contribution in [0.5, 0.6) is 0 Å². The largest absolute Gasteiger partial charge is 0.478 e. The number of nitrogens with zero attached hydrogens (tertiary/aromatic N) is 3. The van der Waals surface area contributed by atoms with E-state index in [-0.39, 0.29) is 17.1 Å². The van der Waals surface area contributed by atoms with Crippen molar-refractivity contribution < 1.29 is 18.3 Å². The minimum atomic E-state index is -3.93. The minimum absolute atomic E-state index is 0.281. The Bertz CT molecular complexity index is 914. The van der Waals surface area contributed by atoms with Crippen molar-refractivity contribution >= 4 is 33.8 Å². The summed E-state index contributed by atoms with van der Waals surface area (Å²) in [5, 5.41) is 13.1. The Kier molecular flexibility index (Phi) is 5.49. The van der Waals surface area contributed by atoms with Gasteiger partial charge in [0.25, 0.3) is 10.0 Å². The van der Waals surface area contributed by atoms with Crippen LogP contribution >= 0.6 is 11.8 Å². The van der Waals surface area contributed by atoms with Crippen molar-refractivity contribution in [2.75, 3.05) is 24.6 Å². The van der Waals surface area contributed by atoms with Gasteiger partial charge in [0.1, 0.15) is 5.56 Å². The quantitative estimate of drug-likeness (QED) is 0.807. The molecule has 138 valence electrons. The standard InChI is InChI=1S/C17H19N3O4S2/c1-2-13-3-5-14(6-4-13)11-19-12-15(17(21)22)16(18-19)26(23,24)20-7-9-25-10-8-20/h2-6,12H,1,7-11H2,(H,21,22). The van der Waals surface area contributed by atoms with Crippen LogP contribution in [-0.4, -0.2) is 58.2 Å². The molecule has 1 N–H and O–H groups in total. The van der Waals surface area contributed by atoms with Crippen LogP contribution in [0.2, 0.25) is 0 Å². The summed E-state index contributed by atoms with van der Waals surface area (Å²) >= 11 is 1.68. The summed E-state index contributed by atoms with van der Waals surface area (Å²) in [5.41, 5.74) is 1.55. The number of hydrogen-bond donors (Lipinski definition) is 1. The lowest BCUT2D eigenvalue weighted by Crippen LogP contribution is -2.38. The molecule has 3 rings (SSSR count). The zero-order valence-corrected chi connectivity index (χ0v) is 15.7. The number of carbonyl (C=O) groups is 1. The summed E-state index contributed by atoms with van der Waals surface area (Å²) in [7, 11) is -3.93. The number of aromatic nitrogens is 2. The van der Waals surface area contributed by atoms with Crippen LogP contribution in [0.4, 0.5) is 0 Å². The lowest BCUT2D eigenvalue weighted by molar-refractivity contribution is 0.0692. The lowest BCUT2D eigenvalue weighted by Gasteiger charge is -2.24. The Balaban J connectivity index is 1.92. The molecule has 2 aromatic rings. The molecule has 0 bridgehead atoms. The summed E-state index contributed by atoms with van der Waals surface area (Å²) < 4.78 is 28.3. The van der Waals surface area contributed by atoms with E-state index in [1.165, 1.54) is 15.2 Å². The highest BCUT2D eigenvalue weighted by Crippen LogP contribution is 2.22. The highest BCUT2D eigenvalue weighted by atomic mass is 32.2. The van der Waals surface area contributed by atoms with Crippen molar-refractivity contribution in [3.63, 3.8) is 0 Å². The van der Waals surface area contributed by atoms with E-state index >= 15 is 0 Å². The van der Waals surface area contributed by atoms with Crippen LogP contribution in [0.3, 0.4) is 0 Å². The summed E-state index contributed by atoms with van der Waals surface area (Å²) in [4.78, 5) is 11.5. The van der Waals surface area contributed by atoms with Crippen LogP contribution in [0.15, 0.2) is 42.1 Å². The zero-order chi connectivity index (χ0) is 18.7. The van der Waals surface area contributed by atoms with Crippen molar-refractivity contribution in [3.05, 3.63) is 53.7 Å². The van der Waals surface area contributed by atoms with Gasteiger partial charge in [-0.25, -0.2) is 13.2 Å². The monoisotopic (exact) mass is 393 g/mol. The molecule has 0 aliphatic carbocycles. The maximum Gasteiger partial charge on any atom is 0.340 e. The first-order chi connectivity index (χ1) is 12.4. The van der Waals surface area contributed by atoms with Crippen molar-refractivity contribution in [3.8, 4) is 0 Å². The molecule has 1 fully saturated rings. The molecule has 1 aliphatic rings. The predicted molar refractivity (Wildman–Crippen MR) is 101 cm³/mol. The number of benzene rings is 1. The zero-order valence-electron chi connectivity index (χ0n) is 14.0. The first-order valence-corrected chi connectivity index (χ1v) is 10.6. The van der Waals surface area contributed by atoms with E-state index < -0.39 is 16.0 Å². The van der Waals surface area contributed by atoms with E-state index in [1.54, 1.807) is 17.8 Å². The third-order valence-corrected chi connectivity index (χ3v) is 6.85. The highest BCUT2D eigenvalue weighted by molar-refractivity contribution is 7.99. The van der Waals surface area contributed by atoms with Gasteiger partial charge in [0.05, 0.1) is 6.54 Å². The fourth-order valence-corrected chi connectivity index (χ4v) is 5.35. The average molecular weight is 393 g/mol. The first kappa shape index (κ1) is 18.7. The molecule has 0 unspecified atom stereocenters. The average Bonchev–Trinajstić information content (AvgIpc) is 3.08. The second kappa shape index (κ2) is 7.65. The maximum absolute atomic E-state index is 12.8. The van der Waals surface area contributed by atoms with Crippen LogP contribution in [-0.2, 0) is 16.6 Å². The van der Waals surface area contributed by atoms with Gasteiger partial charge in [0, 0.05) is 30.8 Å². The summed E-state index contributed by atoms with van der Waals surface area (Å²) in [6, 6.07) is 7.50. The first-order valence-electron chi connectivity index (χ1n) is 8.02. The van der Waals surface area contributed by atoms with E-state index in [1.807, 2.05) is 24.3 Å². The van der Waals surface area contributed by atoms with Gasteiger partial charge >= 0.3 is 5.97 Å². The molecule has 1 aromatic heterocycles. The SMILES string of the molecule is C=Cc1ccc(Cn2cc(C(=O)O)c(S(=O)(=O)N3CCSCC3)n2)cc1. The number of carboxylic acid groups (broad SMARTS) is 1. The van der Waals surface area contributed by atoms with Gasteiger partial charge in [-0.1, -0.05) is 36.9 Å². The van der Waals surface area contributed by atoms with Gasteiger partial charge < -0.3 is 5.11 Å². The molecular weight excluding hydrogens is 374 g/mol. The van der Waals surface area contributed by atoms with E-state index in [0.29, 0.717) is 24.6 Å². The number of thioether (sulfide) groups is 1.